The molecule has 1 aromatic rings. The third kappa shape index (κ3) is 3.11. The number of anilines is 1. The monoisotopic (exact) mass is 328 g/mol. The van der Waals surface area contributed by atoms with Gasteiger partial charge in [0, 0.05) is 44.4 Å². The van der Waals surface area contributed by atoms with Crippen molar-refractivity contribution in [2.75, 3.05) is 38.2 Å². The summed E-state index contributed by atoms with van der Waals surface area (Å²) in [6.07, 6.45) is 6.27. The van der Waals surface area contributed by atoms with Crippen molar-refractivity contribution < 1.29 is 9.53 Å². The van der Waals surface area contributed by atoms with Crippen LogP contribution in [-0.4, -0.2) is 44.1 Å². The molecule has 3 fully saturated rings. The van der Waals surface area contributed by atoms with Crippen LogP contribution in [0.2, 0.25) is 0 Å². The van der Waals surface area contributed by atoms with Gasteiger partial charge in [-0.05, 0) is 49.1 Å². The van der Waals surface area contributed by atoms with Crippen LogP contribution in [0.15, 0.2) is 24.3 Å². The molecule has 2 aliphatic carbocycles. The second kappa shape index (κ2) is 6.66. The number of carbonyl (C=O) groups excluding carboxylic acids is 1. The largest absolute Gasteiger partial charge is 0.497 e. The van der Waals surface area contributed by atoms with Gasteiger partial charge in [-0.3, -0.25) is 4.79 Å². The summed E-state index contributed by atoms with van der Waals surface area (Å²) in [7, 11) is 1.70. The van der Waals surface area contributed by atoms with Gasteiger partial charge in [0.15, 0.2) is 0 Å². The van der Waals surface area contributed by atoms with Crippen LogP contribution in [0, 0.1) is 17.8 Å². The normalized spacial score (nSPS) is 29.1. The van der Waals surface area contributed by atoms with Crippen LogP contribution in [0.1, 0.15) is 32.1 Å². The lowest BCUT2D eigenvalue weighted by atomic mass is 9.86. The van der Waals surface area contributed by atoms with Crippen molar-refractivity contribution in [3.05, 3.63) is 24.3 Å². The van der Waals surface area contributed by atoms with E-state index in [1.807, 2.05) is 12.1 Å². The summed E-state index contributed by atoms with van der Waals surface area (Å²) in [5, 5.41) is 0. The standard InChI is InChI=1S/C20H28N2O2/c1-24-19-4-2-3-18(14-19)21-7-9-22(10-8-21)20(23)13-17-12-15-5-6-16(17)11-15/h2-4,14-17H,5-13H2,1H3. The lowest BCUT2D eigenvalue weighted by Gasteiger charge is -2.37. The molecule has 1 aliphatic heterocycles. The van der Waals surface area contributed by atoms with E-state index in [9.17, 15) is 4.79 Å². The van der Waals surface area contributed by atoms with Gasteiger partial charge in [-0.15, -0.1) is 0 Å². The topological polar surface area (TPSA) is 32.8 Å². The second-order valence-corrected chi connectivity index (χ2v) is 7.71. The van der Waals surface area contributed by atoms with Gasteiger partial charge in [0.2, 0.25) is 5.91 Å². The average molecular weight is 328 g/mol. The number of ether oxygens (including phenoxy) is 1. The highest BCUT2D eigenvalue weighted by Gasteiger charge is 2.40. The molecule has 2 saturated carbocycles. The first-order valence-corrected chi connectivity index (χ1v) is 9.39. The number of methoxy groups -OCH3 is 1. The molecule has 1 heterocycles. The van der Waals surface area contributed by atoms with Crippen molar-refractivity contribution in [2.24, 2.45) is 17.8 Å². The smallest absolute Gasteiger partial charge is 0.222 e. The summed E-state index contributed by atoms with van der Waals surface area (Å²) in [5.41, 5.74) is 1.19. The number of piperazine rings is 1. The molecule has 130 valence electrons. The Morgan fingerprint density at radius 3 is 2.67 bits per heavy atom. The Balaban J connectivity index is 1.30. The number of carbonyl (C=O) groups is 1. The van der Waals surface area contributed by atoms with Gasteiger partial charge in [-0.2, -0.15) is 0 Å². The number of rotatable bonds is 4. The molecule has 3 unspecified atom stereocenters. The Labute approximate surface area is 144 Å². The van der Waals surface area contributed by atoms with Gasteiger partial charge in [0.05, 0.1) is 7.11 Å². The van der Waals surface area contributed by atoms with Crippen molar-refractivity contribution in [3.63, 3.8) is 0 Å². The van der Waals surface area contributed by atoms with E-state index >= 15 is 0 Å². The third-order valence-electron chi connectivity index (χ3n) is 6.37. The lowest BCUT2D eigenvalue weighted by molar-refractivity contribution is -0.132. The fourth-order valence-electron chi connectivity index (χ4n) is 5.00. The number of fused-ring (bicyclic) bond motifs is 2. The summed E-state index contributed by atoms with van der Waals surface area (Å²) < 4.78 is 5.31. The minimum Gasteiger partial charge on any atom is -0.497 e. The van der Waals surface area contributed by atoms with E-state index in [0.29, 0.717) is 11.8 Å². The van der Waals surface area contributed by atoms with Crippen LogP contribution in [-0.2, 0) is 4.79 Å². The molecule has 24 heavy (non-hydrogen) atoms. The molecule has 0 aromatic heterocycles. The summed E-state index contributed by atoms with van der Waals surface area (Å²) in [6, 6.07) is 8.20. The fraction of sp³-hybridized carbons (Fsp3) is 0.650. The van der Waals surface area contributed by atoms with E-state index in [4.69, 9.17) is 4.74 Å². The molecule has 1 amide bonds. The van der Waals surface area contributed by atoms with E-state index in [1.54, 1.807) is 7.11 Å². The van der Waals surface area contributed by atoms with Gasteiger partial charge < -0.3 is 14.5 Å². The molecule has 0 radical (unpaired) electrons. The van der Waals surface area contributed by atoms with Gasteiger partial charge in [0.25, 0.3) is 0 Å². The van der Waals surface area contributed by atoms with Crippen LogP contribution in [0.25, 0.3) is 0 Å². The van der Waals surface area contributed by atoms with Crippen molar-refractivity contribution in [1.82, 2.24) is 4.90 Å². The molecular formula is C20H28N2O2. The van der Waals surface area contributed by atoms with Crippen LogP contribution >= 0.6 is 0 Å². The molecule has 4 heteroatoms. The van der Waals surface area contributed by atoms with Gasteiger partial charge in [0.1, 0.15) is 5.75 Å². The molecule has 0 spiro atoms. The molecule has 4 nitrogen and oxygen atoms in total. The van der Waals surface area contributed by atoms with Crippen molar-refractivity contribution in [3.8, 4) is 5.75 Å². The Bertz CT molecular complexity index is 595. The number of amides is 1. The maximum atomic E-state index is 12.7. The quantitative estimate of drug-likeness (QED) is 0.851. The van der Waals surface area contributed by atoms with Crippen molar-refractivity contribution in [1.29, 1.82) is 0 Å². The third-order valence-corrected chi connectivity index (χ3v) is 6.37. The Kier molecular flexibility index (Phi) is 4.38. The van der Waals surface area contributed by atoms with Crippen LogP contribution in [0.4, 0.5) is 5.69 Å². The molecule has 0 N–H and O–H groups in total. The highest BCUT2D eigenvalue weighted by Crippen LogP contribution is 2.49. The number of nitrogens with zero attached hydrogens (tertiary/aromatic N) is 2. The van der Waals surface area contributed by atoms with Crippen molar-refractivity contribution >= 4 is 11.6 Å². The van der Waals surface area contributed by atoms with Crippen LogP contribution in [0.5, 0.6) is 5.75 Å². The first-order valence-electron chi connectivity index (χ1n) is 9.39. The average Bonchev–Trinajstić information content (AvgIpc) is 3.25. The second-order valence-electron chi connectivity index (χ2n) is 7.71. The van der Waals surface area contributed by atoms with Gasteiger partial charge in [-0.1, -0.05) is 12.5 Å². The maximum absolute atomic E-state index is 12.7. The molecule has 1 aromatic carbocycles. The minimum absolute atomic E-state index is 0.387. The van der Waals surface area contributed by atoms with Gasteiger partial charge in [-0.25, -0.2) is 0 Å². The molecule has 2 bridgehead atoms. The first kappa shape index (κ1) is 15.8. The summed E-state index contributed by atoms with van der Waals surface area (Å²) >= 11 is 0. The SMILES string of the molecule is COc1cccc(N2CCN(C(=O)CC3CC4CCC3C4)CC2)c1. The molecule has 4 rings (SSSR count). The fourth-order valence-corrected chi connectivity index (χ4v) is 5.00. The Morgan fingerprint density at radius 1 is 1.17 bits per heavy atom. The Hall–Kier alpha value is -1.71. The number of hydrogen-bond acceptors (Lipinski definition) is 3. The minimum atomic E-state index is 0.387. The highest BCUT2D eigenvalue weighted by molar-refractivity contribution is 5.77. The summed E-state index contributed by atoms with van der Waals surface area (Å²) in [5.74, 6) is 3.72. The molecular weight excluding hydrogens is 300 g/mol. The lowest BCUT2D eigenvalue weighted by Crippen LogP contribution is -2.49. The number of benzene rings is 1. The van der Waals surface area contributed by atoms with Crippen molar-refractivity contribution in [2.45, 2.75) is 32.1 Å². The highest BCUT2D eigenvalue weighted by atomic mass is 16.5. The van der Waals surface area contributed by atoms with E-state index in [1.165, 1.54) is 31.4 Å². The Morgan fingerprint density at radius 2 is 2.00 bits per heavy atom. The van der Waals surface area contributed by atoms with E-state index in [2.05, 4.69) is 21.9 Å². The van der Waals surface area contributed by atoms with E-state index < -0.39 is 0 Å². The molecule has 3 atom stereocenters. The summed E-state index contributed by atoms with van der Waals surface area (Å²) in [4.78, 5) is 17.1. The molecule has 3 aliphatic rings. The van der Waals surface area contributed by atoms with Gasteiger partial charge >= 0.3 is 0 Å². The van der Waals surface area contributed by atoms with Crippen LogP contribution in [0.3, 0.4) is 0 Å². The molecule has 1 saturated heterocycles. The van der Waals surface area contributed by atoms with E-state index in [0.717, 1.165) is 50.2 Å². The maximum Gasteiger partial charge on any atom is 0.222 e. The predicted molar refractivity (Wildman–Crippen MR) is 95.3 cm³/mol. The zero-order valence-electron chi connectivity index (χ0n) is 14.6. The predicted octanol–water partition coefficient (Wildman–Crippen LogP) is 3.17. The number of hydrogen-bond donors (Lipinski definition) is 0. The zero-order chi connectivity index (χ0) is 16.5. The van der Waals surface area contributed by atoms with E-state index in [-0.39, 0.29) is 0 Å². The summed E-state index contributed by atoms with van der Waals surface area (Å²) in [6.45, 7) is 3.51. The zero-order valence-corrected chi connectivity index (χ0v) is 14.6. The van der Waals surface area contributed by atoms with Crippen LogP contribution < -0.4 is 9.64 Å². The first-order chi connectivity index (χ1) is 11.7.